The third-order valence-electron chi connectivity index (χ3n) is 4.38. The van der Waals surface area contributed by atoms with E-state index < -0.39 is 11.5 Å². The van der Waals surface area contributed by atoms with Gasteiger partial charge in [0.15, 0.2) is 12.6 Å². The minimum atomic E-state index is -0.518. The molecule has 2 amide bonds. The lowest BCUT2D eigenvalue weighted by Gasteiger charge is -2.35. The first-order valence-corrected chi connectivity index (χ1v) is 10.1. The highest BCUT2D eigenvalue weighted by atomic mass is 16.6. The Hall–Kier alpha value is -2.97. The van der Waals surface area contributed by atoms with Crippen LogP contribution in [0.3, 0.4) is 0 Å². The Morgan fingerprint density at radius 3 is 2.77 bits per heavy atom. The van der Waals surface area contributed by atoms with Crippen LogP contribution in [0.1, 0.15) is 39.2 Å². The van der Waals surface area contributed by atoms with Crippen LogP contribution in [0.2, 0.25) is 0 Å². The molecule has 1 aliphatic heterocycles. The van der Waals surface area contributed by atoms with E-state index in [1.165, 1.54) is 0 Å². The van der Waals surface area contributed by atoms with Gasteiger partial charge in [0.2, 0.25) is 0 Å². The van der Waals surface area contributed by atoms with Gasteiger partial charge in [0.1, 0.15) is 11.4 Å². The summed E-state index contributed by atoms with van der Waals surface area (Å²) >= 11 is 0. The predicted octanol–water partition coefficient (Wildman–Crippen LogP) is 1.62. The molecule has 9 nitrogen and oxygen atoms in total. The lowest BCUT2D eigenvalue weighted by atomic mass is 10.1. The number of carbonyl (C=O) groups excluding carboxylic acids is 2. The first-order chi connectivity index (χ1) is 14.2. The van der Waals surface area contributed by atoms with Gasteiger partial charge in [-0.1, -0.05) is 12.1 Å². The van der Waals surface area contributed by atoms with Gasteiger partial charge < -0.3 is 30.7 Å². The number of likely N-dealkylation sites (tertiary alicyclic amines) is 1. The average Bonchev–Trinajstić information content (AvgIpc) is 2.69. The second-order valence-corrected chi connectivity index (χ2v) is 8.24. The number of nitrogens with two attached hydrogens (primary N) is 1. The van der Waals surface area contributed by atoms with Crippen LogP contribution < -0.4 is 21.1 Å². The molecule has 9 heteroatoms. The van der Waals surface area contributed by atoms with Gasteiger partial charge in [0.25, 0.3) is 5.91 Å². The third kappa shape index (κ3) is 8.18. The predicted molar refractivity (Wildman–Crippen MR) is 115 cm³/mol. The van der Waals surface area contributed by atoms with Gasteiger partial charge in [-0.15, -0.1) is 0 Å². The highest BCUT2D eigenvalue weighted by Gasteiger charge is 2.28. The molecule has 0 saturated carbocycles. The van der Waals surface area contributed by atoms with Gasteiger partial charge in [0.05, 0.1) is 0 Å². The van der Waals surface area contributed by atoms with Crippen molar-refractivity contribution in [2.45, 2.75) is 51.8 Å². The first kappa shape index (κ1) is 23.3. The first-order valence-electron chi connectivity index (χ1n) is 10.1. The largest absolute Gasteiger partial charge is 0.484 e. The summed E-state index contributed by atoms with van der Waals surface area (Å²) in [6.45, 7) is 7.22. The third-order valence-corrected chi connectivity index (χ3v) is 4.38. The molecule has 1 unspecified atom stereocenters. The topological polar surface area (TPSA) is 118 Å². The molecule has 166 valence electrons. The van der Waals surface area contributed by atoms with Crippen molar-refractivity contribution in [1.82, 2.24) is 15.5 Å². The van der Waals surface area contributed by atoms with E-state index >= 15 is 0 Å². The Kier molecular flexibility index (Phi) is 8.32. The number of ether oxygens (including phenoxy) is 2. The van der Waals surface area contributed by atoms with E-state index in [0.29, 0.717) is 31.3 Å². The second-order valence-electron chi connectivity index (χ2n) is 8.24. The van der Waals surface area contributed by atoms with Crippen LogP contribution in [0.25, 0.3) is 0 Å². The minimum Gasteiger partial charge on any atom is -0.484 e. The van der Waals surface area contributed by atoms with E-state index in [0.717, 1.165) is 18.4 Å². The van der Waals surface area contributed by atoms with Crippen LogP contribution in [-0.4, -0.2) is 61.2 Å². The van der Waals surface area contributed by atoms with Crippen LogP contribution in [0.5, 0.6) is 5.75 Å². The zero-order valence-corrected chi connectivity index (χ0v) is 18.2. The zero-order valence-electron chi connectivity index (χ0n) is 18.2. The number of rotatable bonds is 6. The van der Waals surface area contributed by atoms with Crippen molar-refractivity contribution in [3.8, 4) is 5.75 Å². The monoisotopic (exact) mass is 419 g/mol. The van der Waals surface area contributed by atoms with Gasteiger partial charge in [-0.2, -0.15) is 0 Å². The number of hydrogen-bond donors (Lipinski definition) is 3. The fraction of sp³-hybridized carbons (Fsp3) is 0.571. The molecule has 0 bridgehead atoms. The smallest absolute Gasteiger partial charge is 0.410 e. The molecular weight excluding hydrogens is 386 g/mol. The van der Waals surface area contributed by atoms with Gasteiger partial charge in [-0.05, 0) is 51.3 Å². The molecule has 2 rings (SSSR count). The molecule has 4 N–H and O–H groups in total. The summed E-state index contributed by atoms with van der Waals surface area (Å²) in [5, 5.41) is 6.64. The molecule has 0 spiro atoms. The maximum Gasteiger partial charge on any atom is 0.410 e. The number of nitrogens with zero attached hydrogens (tertiary/aromatic N) is 2. The Labute approximate surface area is 178 Å². The van der Waals surface area contributed by atoms with Crippen LogP contribution in [0.4, 0.5) is 4.79 Å². The fourth-order valence-corrected chi connectivity index (χ4v) is 3.06. The molecule has 0 aliphatic carbocycles. The zero-order chi connectivity index (χ0) is 22.1. The fourth-order valence-electron chi connectivity index (χ4n) is 3.06. The van der Waals surface area contributed by atoms with E-state index in [9.17, 15) is 9.59 Å². The second kappa shape index (κ2) is 10.7. The van der Waals surface area contributed by atoms with E-state index in [4.69, 9.17) is 15.2 Å². The average molecular weight is 420 g/mol. The molecule has 1 atom stereocenters. The molecule has 30 heavy (non-hydrogen) atoms. The highest BCUT2D eigenvalue weighted by Crippen LogP contribution is 2.16. The molecule has 0 radical (unpaired) electrons. The molecule has 0 aromatic heterocycles. The van der Waals surface area contributed by atoms with Crippen LogP contribution in [-0.2, 0) is 16.1 Å². The number of guanidine groups is 1. The number of aliphatic imine (C=N–C) groups is 1. The number of benzene rings is 1. The van der Waals surface area contributed by atoms with Crippen LogP contribution in [0, 0.1) is 0 Å². The Morgan fingerprint density at radius 2 is 2.10 bits per heavy atom. The summed E-state index contributed by atoms with van der Waals surface area (Å²) in [5.74, 6) is 0.710. The van der Waals surface area contributed by atoms with Crippen molar-refractivity contribution in [3.05, 3.63) is 29.8 Å². The van der Waals surface area contributed by atoms with Gasteiger partial charge in [-0.3, -0.25) is 9.79 Å². The quantitative estimate of drug-likeness (QED) is 0.476. The number of carbonyl (C=O) groups is 2. The summed E-state index contributed by atoms with van der Waals surface area (Å²) in [6.07, 6.45) is 1.55. The molecule has 1 aromatic carbocycles. The van der Waals surface area contributed by atoms with E-state index in [2.05, 4.69) is 15.6 Å². The van der Waals surface area contributed by atoms with Crippen molar-refractivity contribution < 1.29 is 19.1 Å². The Bertz CT molecular complexity index is 760. The summed E-state index contributed by atoms with van der Waals surface area (Å²) in [7, 11) is 1.70. The number of piperidine rings is 1. The van der Waals surface area contributed by atoms with Gasteiger partial charge in [-0.25, -0.2) is 4.79 Å². The number of amides is 2. The normalized spacial score (nSPS) is 17.3. The Morgan fingerprint density at radius 1 is 1.33 bits per heavy atom. The number of primary amides is 1. The van der Waals surface area contributed by atoms with E-state index in [1.807, 2.05) is 39.0 Å². The van der Waals surface area contributed by atoms with Crippen molar-refractivity contribution >= 4 is 18.0 Å². The molecule has 1 saturated heterocycles. The van der Waals surface area contributed by atoms with Crippen LogP contribution in [0.15, 0.2) is 29.3 Å². The number of nitrogens with one attached hydrogen (secondary N) is 2. The standard InChI is InChI=1S/C21H33N5O4/c1-21(2,3)30-20(28)26-10-6-8-16(13-26)25-19(23-4)24-12-15-7-5-9-17(11-15)29-14-18(22)27/h5,7,9,11,16H,6,8,10,12-14H2,1-4H3,(H2,22,27)(H2,23,24,25). The van der Waals surface area contributed by atoms with Crippen molar-refractivity contribution in [2.24, 2.45) is 10.7 Å². The lowest BCUT2D eigenvalue weighted by molar-refractivity contribution is -0.119. The van der Waals surface area contributed by atoms with Crippen molar-refractivity contribution in [2.75, 3.05) is 26.7 Å². The summed E-state index contributed by atoms with van der Waals surface area (Å²) < 4.78 is 10.8. The minimum absolute atomic E-state index is 0.0858. The summed E-state index contributed by atoms with van der Waals surface area (Å²) in [6, 6.07) is 7.50. The molecule has 1 fully saturated rings. The van der Waals surface area contributed by atoms with E-state index in [1.54, 1.807) is 18.0 Å². The Balaban J connectivity index is 1.86. The maximum absolute atomic E-state index is 12.3. The molecule has 1 aromatic rings. The van der Waals surface area contributed by atoms with Gasteiger partial charge >= 0.3 is 6.09 Å². The molecule has 1 aliphatic rings. The highest BCUT2D eigenvalue weighted by molar-refractivity contribution is 5.80. The number of hydrogen-bond acceptors (Lipinski definition) is 5. The molecule has 1 heterocycles. The maximum atomic E-state index is 12.3. The lowest BCUT2D eigenvalue weighted by Crippen LogP contribution is -2.53. The van der Waals surface area contributed by atoms with E-state index in [-0.39, 0.29) is 18.7 Å². The summed E-state index contributed by atoms with van der Waals surface area (Å²) in [4.78, 5) is 29.2. The van der Waals surface area contributed by atoms with Gasteiger partial charge in [0, 0.05) is 32.7 Å². The molecular formula is C21H33N5O4. The SMILES string of the molecule is CN=C(NCc1cccc(OCC(N)=O)c1)NC1CCCN(C(=O)OC(C)(C)C)C1. The van der Waals surface area contributed by atoms with Crippen molar-refractivity contribution in [3.63, 3.8) is 0 Å². The summed E-state index contributed by atoms with van der Waals surface area (Å²) in [5.41, 5.74) is 5.57. The van der Waals surface area contributed by atoms with Crippen molar-refractivity contribution in [1.29, 1.82) is 0 Å². The van der Waals surface area contributed by atoms with Crippen LogP contribution >= 0.6 is 0 Å².